The lowest BCUT2D eigenvalue weighted by atomic mass is 9.87. The molecule has 1 heterocycles. The number of unbranched alkanes of at least 4 members (excludes halogenated alkanes) is 3. The number of ether oxygens (including phenoxy) is 1. The van der Waals surface area contributed by atoms with Crippen molar-refractivity contribution in [3.8, 4) is 0 Å². The summed E-state index contributed by atoms with van der Waals surface area (Å²) >= 11 is 0. The molecule has 2 atom stereocenters. The topological polar surface area (TPSA) is 26.3 Å². The fraction of sp³-hybridized carbons (Fsp3) is 0.500. The summed E-state index contributed by atoms with van der Waals surface area (Å²) in [7, 11) is 0. The molecule has 2 nitrogen and oxygen atoms in total. The number of cyclic esters (lactones) is 1. The van der Waals surface area contributed by atoms with Crippen molar-refractivity contribution in [2.24, 2.45) is 5.92 Å². The molecular formula is C22H28O2. The highest BCUT2D eigenvalue weighted by Gasteiger charge is 2.40. The fourth-order valence-corrected chi connectivity index (χ4v) is 3.65. The van der Waals surface area contributed by atoms with Gasteiger partial charge in [0.25, 0.3) is 0 Å². The van der Waals surface area contributed by atoms with Crippen molar-refractivity contribution in [1.29, 1.82) is 0 Å². The Bertz CT molecular complexity index is 676. The van der Waals surface area contributed by atoms with E-state index in [2.05, 4.69) is 49.4 Å². The van der Waals surface area contributed by atoms with E-state index in [1.165, 1.54) is 42.0 Å². The summed E-state index contributed by atoms with van der Waals surface area (Å²) in [5, 5.41) is 2.59. The first kappa shape index (κ1) is 17.0. The molecule has 1 aliphatic rings. The molecule has 0 bridgehead atoms. The molecule has 128 valence electrons. The van der Waals surface area contributed by atoms with Crippen LogP contribution in [0.2, 0.25) is 0 Å². The number of hydrogen-bond donors (Lipinski definition) is 0. The minimum Gasteiger partial charge on any atom is -0.461 e. The zero-order chi connectivity index (χ0) is 16.8. The Kier molecular flexibility index (Phi) is 5.90. The van der Waals surface area contributed by atoms with Gasteiger partial charge in [-0.05, 0) is 48.4 Å². The normalized spacial score (nSPS) is 20.0. The van der Waals surface area contributed by atoms with Gasteiger partial charge in [0.2, 0.25) is 0 Å². The Balaban J connectivity index is 1.45. The molecule has 3 rings (SSSR count). The lowest BCUT2D eigenvalue weighted by Crippen LogP contribution is -2.45. The second kappa shape index (κ2) is 8.32. The predicted molar refractivity (Wildman–Crippen MR) is 99.0 cm³/mol. The van der Waals surface area contributed by atoms with Gasteiger partial charge in [0.1, 0.15) is 6.10 Å². The fourth-order valence-electron chi connectivity index (χ4n) is 3.65. The summed E-state index contributed by atoms with van der Waals surface area (Å²) in [5.41, 5.74) is 1.36. The van der Waals surface area contributed by atoms with Crippen molar-refractivity contribution < 1.29 is 9.53 Å². The van der Waals surface area contributed by atoms with Crippen LogP contribution in [0.3, 0.4) is 0 Å². The highest BCUT2D eigenvalue weighted by atomic mass is 16.6. The summed E-state index contributed by atoms with van der Waals surface area (Å²) in [4.78, 5) is 11.7. The Labute approximate surface area is 145 Å². The Hall–Kier alpha value is -1.83. The van der Waals surface area contributed by atoms with Crippen LogP contribution < -0.4 is 0 Å². The number of aryl methyl sites for hydroxylation is 1. The van der Waals surface area contributed by atoms with Gasteiger partial charge in [0.15, 0.2) is 0 Å². The van der Waals surface area contributed by atoms with Gasteiger partial charge in [-0.25, -0.2) is 0 Å². The van der Waals surface area contributed by atoms with Crippen LogP contribution in [0.15, 0.2) is 42.5 Å². The molecule has 0 spiro atoms. The monoisotopic (exact) mass is 324 g/mol. The van der Waals surface area contributed by atoms with Crippen molar-refractivity contribution >= 4 is 16.7 Å². The van der Waals surface area contributed by atoms with Crippen LogP contribution in [-0.2, 0) is 16.0 Å². The number of esters is 1. The lowest BCUT2D eigenvalue weighted by molar-refractivity contribution is -0.186. The van der Waals surface area contributed by atoms with Gasteiger partial charge in [-0.3, -0.25) is 4.79 Å². The van der Waals surface area contributed by atoms with Gasteiger partial charge >= 0.3 is 5.97 Å². The first-order valence-electron chi connectivity index (χ1n) is 9.46. The summed E-state index contributed by atoms with van der Waals surface area (Å²) in [6.45, 7) is 2.22. The van der Waals surface area contributed by atoms with Crippen molar-refractivity contribution in [3.63, 3.8) is 0 Å². The first-order valence-corrected chi connectivity index (χ1v) is 9.46. The van der Waals surface area contributed by atoms with Crippen molar-refractivity contribution in [2.75, 3.05) is 0 Å². The van der Waals surface area contributed by atoms with Crippen LogP contribution >= 0.6 is 0 Å². The number of carbonyl (C=O) groups excluding carboxylic acids is 1. The third-order valence-corrected chi connectivity index (χ3v) is 5.16. The van der Waals surface area contributed by atoms with E-state index in [-0.39, 0.29) is 18.0 Å². The van der Waals surface area contributed by atoms with Crippen LogP contribution in [-0.4, -0.2) is 12.1 Å². The number of hydrogen-bond acceptors (Lipinski definition) is 2. The van der Waals surface area contributed by atoms with Crippen LogP contribution in [0.5, 0.6) is 0 Å². The molecule has 2 aromatic carbocycles. The maximum Gasteiger partial charge on any atom is 0.313 e. The predicted octanol–water partition coefficient (Wildman–Crippen LogP) is 5.67. The van der Waals surface area contributed by atoms with Crippen molar-refractivity contribution in [3.05, 3.63) is 48.0 Å². The van der Waals surface area contributed by atoms with Crippen LogP contribution in [0.25, 0.3) is 10.8 Å². The van der Waals surface area contributed by atoms with Crippen LogP contribution in [0.4, 0.5) is 0 Å². The molecule has 24 heavy (non-hydrogen) atoms. The summed E-state index contributed by atoms with van der Waals surface area (Å²) in [5.74, 6) is 0.168. The highest BCUT2D eigenvalue weighted by Crippen LogP contribution is 2.31. The van der Waals surface area contributed by atoms with Crippen LogP contribution in [0.1, 0.15) is 57.4 Å². The van der Waals surface area contributed by atoms with Gasteiger partial charge in [-0.15, -0.1) is 0 Å². The van der Waals surface area contributed by atoms with Crippen molar-refractivity contribution in [2.45, 2.75) is 64.4 Å². The quantitative estimate of drug-likeness (QED) is 0.438. The largest absolute Gasteiger partial charge is 0.461 e. The van der Waals surface area contributed by atoms with E-state index in [4.69, 9.17) is 4.74 Å². The van der Waals surface area contributed by atoms with E-state index in [1.54, 1.807) is 0 Å². The highest BCUT2D eigenvalue weighted by molar-refractivity contribution is 5.83. The molecule has 1 aliphatic heterocycles. The Morgan fingerprint density at radius 1 is 0.917 bits per heavy atom. The number of benzene rings is 2. The van der Waals surface area contributed by atoms with E-state index in [0.29, 0.717) is 0 Å². The van der Waals surface area contributed by atoms with E-state index >= 15 is 0 Å². The maximum absolute atomic E-state index is 11.7. The average Bonchev–Trinajstić information content (AvgIpc) is 2.61. The van der Waals surface area contributed by atoms with Gasteiger partial charge in [-0.2, -0.15) is 0 Å². The Morgan fingerprint density at radius 3 is 2.54 bits per heavy atom. The second-order valence-corrected chi connectivity index (χ2v) is 7.00. The first-order chi connectivity index (χ1) is 11.8. The molecule has 0 aromatic heterocycles. The van der Waals surface area contributed by atoms with E-state index in [9.17, 15) is 4.79 Å². The summed E-state index contributed by atoms with van der Waals surface area (Å²) in [6.07, 6.45) is 9.27. The molecule has 0 amide bonds. The molecule has 1 saturated heterocycles. The minimum atomic E-state index is 0.0222. The molecule has 0 aliphatic carbocycles. The smallest absolute Gasteiger partial charge is 0.313 e. The lowest BCUT2D eigenvalue weighted by Gasteiger charge is -2.35. The zero-order valence-corrected chi connectivity index (χ0v) is 14.7. The number of rotatable bonds is 9. The van der Waals surface area contributed by atoms with Gasteiger partial charge in [0, 0.05) is 0 Å². The van der Waals surface area contributed by atoms with E-state index in [0.717, 1.165) is 25.7 Å². The molecule has 2 unspecified atom stereocenters. The average molecular weight is 324 g/mol. The number of carbonyl (C=O) groups is 1. The maximum atomic E-state index is 11.7. The van der Waals surface area contributed by atoms with Crippen LogP contribution in [0, 0.1) is 5.92 Å². The van der Waals surface area contributed by atoms with E-state index < -0.39 is 0 Å². The standard InChI is InChI=1S/C22H28O2/c1-2-3-4-5-13-21-20(22(23)24-21)12-8-9-17-14-15-18-10-6-7-11-19(18)16-17/h6-7,10-11,14-16,20-21H,2-5,8-9,12-13H2,1H3. The SMILES string of the molecule is CCCCCCC1OC(=O)C1CCCc1ccc2ccccc2c1. The van der Waals surface area contributed by atoms with Gasteiger partial charge in [-0.1, -0.05) is 68.7 Å². The van der Waals surface area contributed by atoms with E-state index in [1.807, 2.05) is 0 Å². The summed E-state index contributed by atoms with van der Waals surface area (Å²) < 4.78 is 5.35. The molecule has 0 radical (unpaired) electrons. The molecule has 1 fully saturated rings. The molecule has 0 N–H and O–H groups in total. The second-order valence-electron chi connectivity index (χ2n) is 7.00. The molecule has 2 aromatic rings. The summed E-state index contributed by atoms with van der Waals surface area (Å²) in [6, 6.07) is 15.1. The third-order valence-electron chi connectivity index (χ3n) is 5.16. The zero-order valence-electron chi connectivity index (χ0n) is 14.7. The molecular weight excluding hydrogens is 296 g/mol. The van der Waals surface area contributed by atoms with Gasteiger partial charge < -0.3 is 4.74 Å². The minimum absolute atomic E-state index is 0.0222. The van der Waals surface area contributed by atoms with Gasteiger partial charge in [0.05, 0.1) is 5.92 Å². The molecule has 2 heteroatoms. The molecule has 0 saturated carbocycles. The Morgan fingerprint density at radius 2 is 1.75 bits per heavy atom. The van der Waals surface area contributed by atoms with Crippen molar-refractivity contribution in [1.82, 2.24) is 0 Å². The third kappa shape index (κ3) is 4.17. The number of fused-ring (bicyclic) bond motifs is 1.